The highest BCUT2D eigenvalue weighted by atomic mass is 19.1. The lowest BCUT2D eigenvalue weighted by Gasteiger charge is -2.17. The molecule has 0 saturated carbocycles. The van der Waals surface area contributed by atoms with Crippen LogP contribution < -0.4 is 10.9 Å². The van der Waals surface area contributed by atoms with Gasteiger partial charge >= 0.3 is 0 Å². The Hall–Kier alpha value is -4.34. The van der Waals surface area contributed by atoms with Crippen LogP contribution in [0.15, 0.2) is 47.4 Å². The average molecular weight is 491 g/mol. The number of anilines is 1. The number of H-pyrrole nitrogens is 2. The van der Waals surface area contributed by atoms with Crippen LogP contribution in [0.4, 0.5) is 14.5 Å². The summed E-state index contributed by atoms with van der Waals surface area (Å²) in [5, 5.41) is 3.18. The molecule has 0 bridgehead atoms. The van der Waals surface area contributed by atoms with Crippen molar-refractivity contribution in [3.05, 3.63) is 81.3 Å². The molecule has 184 valence electrons. The van der Waals surface area contributed by atoms with E-state index in [4.69, 9.17) is 0 Å². The molecule has 10 heteroatoms. The molecule has 0 aliphatic carbocycles. The first-order valence-electron chi connectivity index (χ1n) is 11.5. The zero-order valence-corrected chi connectivity index (χ0v) is 19.8. The number of hydrogen-bond acceptors (Lipinski definition) is 5. The Labute approximate surface area is 204 Å². The zero-order valence-electron chi connectivity index (χ0n) is 19.8. The van der Waals surface area contributed by atoms with E-state index in [1.807, 2.05) is 0 Å². The van der Waals surface area contributed by atoms with E-state index in [2.05, 4.69) is 20.3 Å². The number of fused-ring (bicyclic) bond motifs is 2. The van der Waals surface area contributed by atoms with Gasteiger partial charge in [0.05, 0.1) is 27.8 Å². The molecular weight excluding hydrogens is 468 g/mol. The number of aromatic nitrogens is 3. The molecule has 0 radical (unpaired) electrons. The van der Waals surface area contributed by atoms with Gasteiger partial charge in [-0.1, -0.05) is 0 Å². The van der Waals surface area contributed by atoms with E-state index in [1.165, 1.54) is 11.1 Å². The average Bonchev–Trinajstić information content (AvgIpc) is 3.32. The molecule has 1 aliphatic rings. The number of nitrogens with one attached hydrogen (secondary N) is 3. The normalized spacial score (nSPS) is 14.1. The van der Waals surface area contributed by atoms with Crippen molar-refractivity contribution in [1.29, 1.82) is 0 Å². The van der Waals surface area contributed by atoms with Crippen molar-refractivity contribution in [3.63, 3.8) is 0 Å². The van der Waals surface area contributed by atoms with Crippen LogP contribution in [0.3, 0.4) is 0 Å². The van der Waals surface area contributed by atoms with Crippen LogP contribution in [-0.2, 0) is 6.42 Å². The zero-order chi connectivity index (χ0) is 25.7. The molecule has 4 aromatic rings. The van der Waals surface area contributed by atoms with Crippen LogP contribution in [0.25, 0.3) is 22.4 Å². The monoisotopic (exact) mass is 491 g/mol. The number of amides is 2. The van der Waals surface area contributed by atoms with E-state index in [0.29, 0.717) is 16.7 Å². The van der Waals surface area contributed by atoms with E-state index in [1.54, 1.807) is 39.0 Å². The van der Waals surface area contributed by atoms with E-state index >= 15 is 0 Å². The van der Waals surface area contributed by atoms with Crippen molar-refractivity contribution < 1.29 is 18.4 Å². The summed E-state index contributed by atoms with van der Waals surface area (Å²) in [6.45, 7) is 5.32. The number of benzene rings is 2. The summed E-state index contributed by atoms with van der Waals surface area (Å²) < 4.78 is 27.7. The van der Waals surface area contributed by atoms with Gasteiger partial charge in [-0.15, -0.1) is 0 Å². The number of hydrogen-bond donors (Lipinski definition) is 3. The second kappa shape index (κ2) is 8.71. The quantitative estimate of drug-likeness (QED) is 0.350. The molecular formula is C26H23F2N5O3. The first-order chi connectivity index (χ1) is 17.1. The van der Waals surface area contributed by atoms with Gasteiger partial charge in [-0.3, -0.25) is 19.3 Å². The molecule has 2 amide bonds. The maximum Gasteiger partial charge on any atom is 0.261 e. The Morgan fingerprint density at radius 3 is 2.44 bits per heavy atom. The number of carbonyl (C=O) groups excluding carboxylic acids is 2. The van der Waals surface area contributed by atoms with E-state index < -0.39 is 17.2 Å². The smallest absolute Gasteiger partial charge is 0.261 e. The van der Waals surface area contributed by atoms with Crippen molar-refractivity contribution in [2.45, 2.75) is 39.3 Å². The third-order valence-electron chi connectivity index (χ3n) is 6.17. The second-order valence-corrected chi connectivity index (χ2v) is 9.16. The van der Waals surface area contributed by atoms with Gasteiger partial charge in [0.25, 0.3) is 17.4 Å². The minimum atomic E-state index is -0.530. The van der Waals surface area contributed by atoms with Crippen molar-refractivity contribution >= 4 is 28.5 Å². The molecule has 2 aromatic heterocycles. The fraction of sp³-hybridized carbons (Fsp3) is 0.231. The molecule has 2 aromatic carbocycles. The molecule has 3 N–H and O–H groups in total. The lowest BCUT2D eigenvalue weighted by molar-refractivity contribution is 0.0609. The summed E-state index contributed by atoms with van der Waals surface area (Å²) in [5.41, 5.74) is 1.92. The summed E-state index contributed by atoms with van der Waals surface area (Å²) in [6.07, 6.45) is 1.65. The minimum Gasteiger partial charge on any atom is -0.381 e. The lowest BCUT2D eigenvalue weighted by atomic mass is 10.1. The first kappa shape index (κ1) is 23.4. The molecule has 0 spiro atoms. The third-order valence-corrected chi connectivity index (χ3v) is 6.17. The Morgan fingerprint density at radius 1 is 1.00 bits per heavy atom. The molecule has 0 fully saturated rings. The molecule has 1 unspecified atom stereocenters. The van der Waals surface area contributed by atoms with Crippen LogP contribution in [0, 0.1) is 11.6 Å². The largest absolute Gasteiger partial charge is 0.381 e. The second-order valence-electron chi connectivity index (χ2n) is 9.16. The predicted molar refractivity (Wildman–Crippen MR) is 131 cm³/mol. The molecule has 8 nitrogen and oxygen atoms in total. The van der Waals surface area contributed by atoms with Gasteiger partial charge in [0.1, 0.15) is 23.0 Å². The van der Waals surface area contributed by atoms with Gasteiger partial charge < -0.3 is 15.3 Å². The standard InChI is InChI=1S/C26H23F2N5O3/c1-12(2)33-25(35)16-10-20-21(11-17(16)26(33)36)32-23(31-20)22-19(6-7-29-24(22)34)30-13(3)8-14-9-15(27)4-5-18(14)28/h4-7,9-13H,8H2,1-3H3,(H,31,32)(H2,29,30,34). The highest BCUT2D eigenvalue weighted by Crippen LogP contribution is 2.31. The van der Waals surface area contributed by atoms with Gasteiger partial charge in [0.2, 0.25) is 0 Å². The summed E-state index contributed by atoms with van der Waals surface area (Å²) >= 11 is 0. The minimum absolute atomic E-state index is 0.180. The van der Waals surface area contributed by atoms with E-state index in [-0.39, 0.29) is 58.4 Å². The predicted octanol–water partition coefficient (Wildman–Crippen LogP) is 4.24. The summed E-state index contributed by atoms with van der Waals surface area (Å²) in [4.78, 5) is 49.7. The molecule has 36 heavy (non-hydrogen) atoms. The van der Waals surface area contributed by atoms with Crippen LogP contribution in [0.2, 0.25) is 0 Å². The number of pyridine rings is 1. The van der Waals surface area contributed by atoms with E-state index in [9.17, 15) is 23.2 Å². The van der Waals surface area contributed by atoms with Crippen LogP contribution in [-0.4, -0.2) is 43.7 Å². The van der Waals surface area contributed by atoms with Gasteiger partial charge in [-0.2, -0.15) is 0 Å². The highest BCUT2D eigenvalue weighted by molar-refractivity contribution is 6.23. The topological polar surface area (TPSA) is 111 Å². The summed E-state index contributed by atoms with van der Waals surface area (Å²) in [5.74, 6) is -1.56. The molecule has 1 atom stereocenters. The number of halogens is 2. The van der Waals surface area contributed by atoms with Gasteiger partial charge in [0, 0.05) is 18.3 Å². The fourth-order valence-corrected chi connectivity index (χ4v) is 4.53. The Bertz CT molecular complexity index is 1540. The van der Waals surface area contributed by atoms with Gasteiger partial charge in [0.15, 0.2) is 0 Å². The molecule has 5 rings (SSSR count). The van der Waals surface area contributed by atoms with Crippen LogP contribution in [0.5, 0.6) is 0 Å². The van der Waals surface area contributed by atoms with E-state index in [0.717, 1.165) is 18.2 Å². The maximum absolute atomic E-state index is 14.1. The number of carbonyl (C=O) groups is 2. The van der Waals surface area contributed by atoms with Crippen LogP contribution in [0.1, 0.15) is 47.1 Å². The van der Waals surface area contributed by atoms with Gasteiger partial charge in [-0.25, -0.2) is 13.8 Å². The molecule has 1 aliphatic heterocycles. The van der Waals surface area contributed by atoms with Crippen LogP contribution >= 0.6 is 0 Å². The summed E-state index contributed by atoms with van der Waals surface area (Å²) in [6, 6.07) is 7.42. The van der Waals surface area contributed by atoms with Crippen molar-refractivity contribution in [3.8, 4) is 11.4 Å². The number of imidazole rings is 1. The molecule has 0 saturated heterocycles. The maximum atomic E-state index is 14.1. The third kappa shape index (κ3) is 3.94. The molecule has 3 heterocycles. The summed E-state index contributed by atoms with van der Waals surface area (Å²) in [7, 11) is 0. The number of aromatic amines is 2. The van der Waals surface area contributed by atoms with Gasteiger partial charge in [-0.05, 0) is 69.2 Å². The van der Waals surface area contributed by atoms with Crippen molar-refractivity contribution in [1.82, 2.24) is 19.9 Å². The Kier molecular flexibility index (Phi) is 5.66. The SMILES string of the molecule is CC(Cc1cc(F)ccc1F)Nc1cc[nH]c(=O)c1-c1nc2cc3c(cc2[nH]1)C(=O)N(C(C)C)C3=O. The Morgan fingerprint density at radius 2 is 1.72 bits per heavy atom. The number of imide groups is 1. The van der Waals surface area contributed by atoms with Crippen molar-refractivity contribution in [2.75, 3.05) is 5.32 Å². The van der Waals surface area contributed by atoms with Crippen molar-refractivity contribution in [2.24, 2.45) is 0 Å². The first-order valence-corrected chi connectivity index (χ1v) is 11.5. The lowest BCUT2D eigenvalue weighted by Crippen LogP contribution is -2.35. The number of rotatable bonds is 6. The highest BCUT2D eigenvalue weighted by Gasteiger charge is 2.37. The Balaban J connectivity index is 1.50. The number of nitrogens with zero attached hydrogens (tertiary/aromatic N) is 2. The fourth-order valence-electron chi connectivity index (χ4n) is 4.53.